The van der Waals surface area contributed by atoms with Crippen molar-refractivity contribution in [1.29, 1.82) is 0 Å². The van der Waals surface area contributed by atoms with Gasteiger partial charge in [-0.15, -0.1) is 11.3 Å². The van der Waals surface area contributed by atoms with Crippen LogP contribution in [0.4, 0.5) is 0 Å². The molecule has 0 bridgehead atoms. The molecule has 2 aromatic rings. The molecule has 0 saturated carbocycles. The first-order chi connectivity index (χ1) is 7.68. The predicted molar refractivity (Wildman–Crippen MR) is 69.2 cm³/mol. The Morgan fingerprint density at radius 3 is 2.75 bits per heavy atom. The van der Waals surface area contributed by atoms with E-state index >= 15 is 0 Å². The summed E-state index contributed by atoms with van der Waals surface area (Å²) in [6.07, 6.45) is 4.01. The van der Waals surface area contributed by atoms with Crippen molar-refractivity contribution in [1.82, 2.24) is 4.98 Å². The molecule has 0 aliphatic carbocycles. The minimum atomic E-state index is -0.118. The Hall–Kier alpha value is -0.610. The number of thiophene rings is 1. The second kappa shape index (κ2) is 5.15. The van der Waals surface area contributed by atoms with Gasteiger partial charge in [0, 0.05) is 23.3 Å². The average Bonchev–Trinajstić information content (AvgIpc) is 2.68. The number of nitrogens with zero attached hydrogens (tertiary/aromatic N) is 1. The van der Waals surface area contributed by atoms with Crippen molar-refractivity contribution in [2.24, 2.45) is 5.73 Å². The summed E-state index contributed by atoms with van der Waals surface area (Å²) in [5.41, 5.74) is 7.08. The van der Waals surface area contributed by atoms with Crippen molar-refractivity contribution in [3.05, 3.63) is 50.4 Å². The summed E-state index contributed by atoms with van der Waals surface area (Å²) in [4.78, 5) is 4.93. The number of rotatable bonds is 3. The number of aromatic nitrogens is 1. The van der Waals surface area contributed by atoms with Gasteiger partial charge in [-0.2, -0.15) is 0 Å². The Bertz CT molecular complexity index is 484. The van der Waals surface area contributed by atoms with Crippen LogP contribution in [0.25, 0.3) is 0 Å². The van der Waals surface area contributed by atoms with Crippen LogP contribution < -0.4 is 5.73 Å². The Balaban J connectivity index is 2.17. The maximum Gasteiger partial charge on any atom is 0.0622 e. The van der Waals surface area contributed by atoms with Gasteiger partial charge in [-0.1, -0.05) is 23.2 Å². The number of pyridine rings is 1. The van der Waals surface area contributed by atoms with E-state index in [0.29, 0.717) is 11.4 Å². The number of halogens is 2. The number of nitrogens with two attached hydrogens (primary N) is 1. The molecule has 0 radical (unpaired) electrons. The van der Waals surface area contributed by atoms with Crippen molar-refractivity contribution in [2.75, 3.05) is 0 Å². The number of hydrogen-bond donors (Lipinski definition) is 1. The molecule has 1 atom stereocenters. The monoisotopic (exact) mass is 272 g/mol. The van der Waals surface area contributed by atoms with Gasteiger partial charge in [0.1, 0.15) is 0 Å². The third kappa shape index (κ3) is 2.55. The van der Waals surface area contributed by atoms with E-state index in [1.54, 1.807) is 23.7 Å². The minimum absolute atomic E-state index is 0.118. The molecule has 0 aromatic carbocycles. The Morgan fingerprint density at radius 2 is 2.12 bits per heavy atom. The average molecular weight is 273 g/mol. The normalized spacial score (nSPS) is 12.7. The van der Waals surface area contributed by atoms with Crippen molar-refractivity contribution < 1.29 is 0 Å². The lowest BCUT2D eigenvalue weighted by Gasteiger charge is -2.11. The Labute approximate surface area is 108 Å². The van der Waals surface area contributed by atoms with Gasteiger partial charge in [0.2, 0.25) is 0 Å². The van der Waals surface area contributed by atoms with Crippen LogP contribution in [0.1, 0.15) is 16.5 Å². The van der Waals surface area contributed by atoms with Gasteiger partial charge in [0.15, 0.2) is 0 Å². The highest BCUT2D eigenvalue weighted by atomic mass is 35.5. The molecule has 84 valence electrons. The molecule has 0 aliphatic heterocycles. The van der Waals surface area contributed by atoms with E-state index in [0.717, 1.165) is 15.5 Å². The maximum absolute atomic E-state index is 6.09. The van der Waals surface area contributed by atoms with E-state index in [1.165, 1.54) is 0 Å². The second-order valence-electron chi connectivity index (χ2n) is 3.41. The lowest BCUT2D eigenvalue weighted by Crippen LogP contribution is -2.12. The van der Waals surface area contributed by atoms with Crippen LogP contribution in [0.2, 0.25) is 10.0 Å². The van der Waals surface area contributed by atoms with Crippen molar-refractivity contribution in [3.63, 3.8) is 0 Å². The van der Waals surface area contributed by atoms with Crippen LogP contribution in [0, 0.1) is 0 Å². The first-order valence-corrected chi connectivity index (χ1v) is 6.39. The van der Waals surface area contributed by atoms with E-state index < -0.39 is 0 Å². The molecular weight excluding hydrogens is 263 g/mol. The van der Waals surface area contributed by atoms with Gasteiger partial charge in [0.05, 0.1) is 10.0 Å². The molecule has 5 heteroatoms. The Kier molecular flexibility index (Phi) is 3.82. The highest BCUT2D eigenvalue weighted by Gasteiger charge is 2.13. The Morgan fingerprint density at radius 1 is 1.31 bits per heavy atom. The fourth-order valence-electron chi connectivity index (χ4n) is 1.47. The van der Waals surface area contributed by atoms with Gasteiger partial charge in [-0.3, -0.25) is 4.98 Å². The first kappa shape index (κ1) is 11.9. The van der Waals surface area contributed by atoms with Crippen LogP contribution in [0.3, 0.4) is 0 Å². The quantitative estimate of drug-likeness (QED) is 0.926. The van der Waals surface area contributed by atoms with Gasteiger partial charge < -0.3 is 5.73 Å². The third-order valence-corrected chi connectivity index (χ3v) is 4.11. The van der Waals surface area contributed by atoms with E-state index in [1.807, 2.05) is 17.5 Å². The molecule has 2 N–H and O–H groups in total. The zero-order chi connectivity index (χ0) is 11.5. The smallest absolute Gasteiger partial charge is 0.0622 e. The summed E-state index contributed by atoms with van der Waals surface area (Å²) >= 11 is 13.6. The third-order valence-electron chi connectivity index (χ3n) is 2.28. The van der Waals surface area contributed by atoms with E-state index in [4.69, 9.17) is 28.9 Å². The molecule has 2 aromatic heterocycles. The van der Waals surface area contributed by atoms with E-state index in [2.05, 4.69) is 4.98 Å². The van der Waals surface area contributed by atoms with Crippen LogP contribution in [0.15, 0.2) is 29.9 Å². The molecule has 2 nitrogen and oxygen atoms in total. The van der Waals surface area contributed by atoms with Gasteiger partial charge in [-0.25, -0.2) is 0 Å². The molecule has 0 amide bonds. The topological polar surface area (TPSA) is 38.9 Å². The summed E-state index contributed by atoms with van der Waals surface area (Å²) in [5.74, 6) is 0. The largest absolute Gasteiger partial charge is 0.323 e. The SMILES string of the molecule is NC(Cc1ccncc1Cl)c1sccc1Cl. The summed E-state index contributed by atoms with van der Waals surface area (Å²) < 4.78 is 0. The molecule has 0 fully saturated rings. The van der Waals surface area contributed by atoms with Crippen molar-refractivity contribution in [2.45, 2.75) is 12.5 Å². The predicted octanol–water partition coefficient (Wildman–Crippen LogP) is 3.69. The lowest BCUT2D eigenvalue weighted by molar-refractivity contribution is 0.736. The standard InChI is InChI=1S/C11H10Cl2N2S/c12-8-2-4-16-11(8)10(14)5-7-1-3-15-6-9(7)13/h1-4,6,10H,5,14H2. The van der Waals surface area contributed by atoms with Crippen LogP contribution in [-0.2, 0) is 6.42 Å². The van der Waals surface area contributed by atoms with Gasteiger partial charge in [0.25, 0.3) is 0 Å². The first-order valence-electron chi connectivity index (χ1n) is 4.75. The lowest BCUT2D eigenvalue weighted by atomic mass is 10.1. The van der Waals surface area contributed by atoms with Crippen molar-refractivity contribution in [3.8, 4) is 0 Å². The highest BCUT2D eigenvalue weighted by Crippen LogP contribution is 2.30. The zero-order valence-corrected chi connectivity index (χ0v) is 10.7. The fourth-order valence-corrected chi connectivity index (χ4v) is 2.87. The van der Waals surface area contributed by atoms with Crippen LogP contribution >= 0.6 is 34.5 Å². The molecule has 1 unspecified atom stereocenters. The van der Waals surface area contributed by atoms with Gasteiger partial charge in [-0.05, 0) is 29.5 Å². The summed E-state index contributed by atoms with van der Waals surface area (Å²) in [5, 5.41) is 3.30. The molecule has 2 heterocycles. The number of hydrogen-bond acceptors (Lipinski definition) is 3. The molecule has 0 spiro atoms. The minimum Gasteiger partial charge on any atom is -0.323 e. The van der Waals surface area contributed by atoms with E-state index in [9.17, 15) is 0 Å². The summed E-state index contributed by atoms with van der Waals surface area (Å²) in [7, 11) is 0. The highest BCUT2D eigenvalue weighted by molar-refractivity contribution is 7.10. The molecule has 0 saturated heterocycles. The van der Waals surface area contributed by atoms with Gasteiger partial charge >= 0.3 is 0 Å². The molecule has 0 aliphatic rings. The fraction of sp³-hybridized carbons (Fsp3) is 0.182. The maximum atomic E-state index is 6.09. The molecule has 16 heavy (non-hydrogen) atoms. The van der Waals surface area contributed by atoms with Crippen molar-refractivity contribution >= 4 is 34.5 Å². The van der Waals surface area contributed by atoms with E-state index in [-0.39, 0.29) is 6.04 Å². The summed E-state index contributed by atoms with van der Waals surface area (Å²) in [6.45, 7) is 0. The molecule has 2 rings (SSSR count). The van der Waals surface area contributed by atoms with Crippen LogP contribution in [-0.4, -0.2) is 4.98 Å². The summed E-state index contributed by atoms with van der Waals surface area (Å²) in [6, 6.07) is 3.62. The van der Waals surface area contributed by atoms with Crippen LogP contribution in [0.5, 0.6) is 0 Å². The molecular formula is C11H10Cl2N2S. The zero-order valence-electron chi connectivity index (χ0n) is 8.36. The second-order valence-corrected chi connectivity index (χ2v) is 5.17.